The van der Waals surface area contributed by atoms with Crippen LogP contribution in [0.5, 0.6) is 5.75 Å². The van der Waals surface area contributed by atoms with Gasteiger partial charge in [-0.2, -0.15) is 0 Å². The largest absolute Gasteiger partial charge is 0.489 e. The van der Waals surface area contributed by atoms with Gasteiger partial charge >= 0.3 is 0 Å². The van der Waals surface area contributed by atoms with Gasteiger partial charge in [-0.3, -0.25) is 4.90 Å². The quantitative estimate of drug-likeness (QED) is 0.873. The number of aromatic nitrogens is 2. The molecule has 0 unspecified atom stereocenters. The van der Waals surface area contributed by atoms with Crippen molar-refractivity contribution in [1.29, 1.82) is 0 Å². The fraction of sp³-hybridized carbons (Fsp3) is 0.421. The average Bonchev–Trinajstić information content (AvgIpc) is 3.13. The predicted molar refractivity (Wildman–Crippen MR) is 91.7 cm³/mol. The van der Waals surface area contributed by atoms with Gasteiger partial charge < -0.3 is 9.30 Å². The van der Waals surface area contributed by atoms with E-state index in [1.165, 1.54) is 23.4 Å². The van der Waals surface area contributed by atoms with Crippen molar-refractivity contribution in [2.24, 2.45) is 7.05 Å². The topological polar surface area (TPSA) is 30.3 Å². The third-order valence-corrected chi connectivity index (χ3v) is 4.79. The molecular formula is C19H23N3O. The summed E-state index contributed by atoms with van der Waals surface area (Å²) in [5, 5.41) is 0. The zero-order valence-corrected chi connectivity index (χ0v) is 13.8. The van der Waals surface area contributed by atoms with Gasteiger partial charge in [-0.25, -0.2) is 4.98 Å². The Morgan fingerprint density at radius 2 is 2.17 bits per heavy atom. The van der Waals surface area contributed by atoms with Crippen LogP contribution in [0.25, 0.3) is 6.08 Å². The second-order valence-corrected chi connectivity index (χ2v) is 6.70. The van der Waals surface area contributed by atoms with Crippen LogP contribution in [0.4, 0.5) is 0 Å². The minimum absolute atomic E-state index is 0.547. The molecule has 1 saturated heterocycles. The Kier molecular flexibility index (Phi) is 3.69. The molecule has 3 heterocycles. The van der Waals surface area contributed by atoms with E-state index < -0.39 is 0 Å². The molecule has 2 aliphatic rings. The Labute approximate surface area is 137 Å². The van der Waals surface area contributed by atoms with Crippen molar-refractivity contribution in [3.05, 3.63) is 53.1 Å². The first kappa shape index (κ1) is 14.5. The van der Waals surface area contributed by atoms with E-state index in [2.05, 4.69) is 47.8 Å². The summed E-state index contributed by atoms with van der Waals surface area (Å²) in [5.74, 6) is 2.77. The molecule has 0 bridgehead atoms. The van der Waals surface area contributed by atoms with Crippen LogP contribution < -0.4 is 4.74 Å². The lowest BCUT2D eigenvalue weighted by atomic mass is 10.1. The van der Waals surface area contributed by atoms with Crippen molar-refractivity contribution < 1.29 is 4.74 Å². The number of likely N-dealkylation sites (tertiary alicyclic amines) is 1. The summed E-state index contributed by atoms with van der Waals surface area (Å²) in [7, 11) is 2.10. The Morgan fingerprint density at radius 1 is 1.30 bits per heavy atom. The van der Waals surface area contributed by atoms with E-state index in [9.17, 15) is 0 Å². The average molecular weight is 309 g/mol. The summed E-state index contributed by atoms with van der Waals surface area (Å²) < 4.78 is 8.05. The highest BCUT2D eigenvalue weighted by Gasteiger charge is 2.27. The summed E-state index contributed by atoms with van der Waals surface area (Å²) in [4.78, 5) is 7.23. The number of hydrogen-bond donors (Lipinski definition) is 0. The summed E-state index contributed by atoms with van der Waals surface area (Å²) in [6, 6.07) is 8.25. The molecule has 0 amide bonds. The molecule has 4 heteroatoms. The van der Waals surface area contributed by atoms with E-state index in [1.807, 2.05) is 12.1 Å². The Bertz CT molecular complexity index is 747. The molecule has 2 aliphatic heterocycles. The van der Waals surface area contributed by atoms with Crippen LogP contribution in [-0.4, -0.2) is 40.7 Å². The fourth-order valence-corrected chi connectivity index (χ4v) is 3.74. The highest BCUT2D eigenvalue weighted by Crippen LogP contribution is 2.29. The molecule has 4 nitrogen and oxygen atoms in total. The molecule has 1 aromatic heterocycles. The van der Waals surface area contributed by atoms with E-state index >= 15 is 0 Å². The number of aryl methyl sites for hydroxylation is 2. The van der Waals surface area contributed by atoms with Crippen LogP contribution in [0.3, 0.4) is 0 Å². The first-order valence-electron chi connectivity index (χ1n) is 8.32. The molecule has 1 fully saturated rings. The third-order valence-electron chi connectivity index (χ3n) is 4.79. The van der Waals surface area contributed by atoms with Crippen LogP contribution >= 0.6 is 0 Å². The molecule has 0 saturated carbocycles. The lowest BCUT2D eigenvalue weighted by Gasteiger charge is -2.22. The third kappa shape index (κ3) is 2.91. The number of fused-ring (bicyclic) bond motifs is 1. The molecular weight excluding hydrogens is 286 g/mol. The maximum atomic E-state index is 5.87. The Balaban J connectivity index is 1.43. The molecule has 0 spiro atoms. The van der Waals surface area contributed by atoms with Crippen molar-refractivity contribution in [1.82, 2.24) is 14.5 Å². The van der Waals surface area contributed by atoms with Gasteiger partial charge in [0.1, 0.15) is 18.2 Å². The number of para-hydroxylation sites is 1. The minimum atomic E-state index is 0.547. The Hall–Kier alpha value is -2.07. The predicted octanol–water partition coefficient (Wildman–Crippen LogP) is 2.99. The van der Waals surface area contributed by atoms with Gasteiger partial charge in [-0.1, -0.05) is 18.2 Å². The minimum Gasteiger partial charge on any atom is -0.489 e. The van der Waals surface area contributed by atoms with Crippen molar-refractivity contribution in [2.45, 2.75) is 19.3 Å². The van der Waals surface area contributed by atoms with Crippen LogP contribution in [-0.2, 0) is 7.05 Å². The number of ether oxygens (including phenoxy) is 1. The fourth-order valence-electron chi connectivity index (χ4n) is 3.74. The monoisotopic (exact) mass is 309 g/mol. The van der Waals surface area contributed by atoms with E-state index in [1.54, 1.807) is 0 Å². The second-order valence-electron chi connectivity index (χ2n) is 6.70. The van der Waals surface area contributed by atoms with Crippen molar-refractivity contribution in [3.63, 3.8) is 0 Å². The summed E-state index contributed by atoms with van der Waals surface area (Å²) in [5.41, 5.74) is 3.67. The van der Waals surface area contributed by atoms with Gasteiger partial charge in [-0.15, -0.1) is 0 Å². The number of hydrogen-bond acceptors (Lipinski definition) is 3. The zero-order valence-electron chi connectivity index (χ0n) is 13.8. The second kappa shape index (κ2) is 5.85. The van der Waals surface area contributed by atoms with E-state index in [0.29, 0.717) is 12.5 Å². The number of rotatable bonds is 3. The zero-order chi connectivity index (χ0) is 15.8. The van der Waals surface area contributed by atoms with Gasteiger partial charge in [0, 0.05) is 37.8 Å². The SMILES string of the molecule is Cc1cn(C)c([C@@H]2CCN(CC3=Cc4ccccc4OC3)C2)n1. The highest BCUT2D eigenvalue weighted by atomic mass is 16.5. The van der Waals surface area contributed by atoms with Gasteiger partial charge in [-0.05, 0) is 37.6 Å². The van der Waals surface area contributed by atoms with Crippen LogP contribution in [0.15, 0.2) is 36.0 Å². The molecule has 23 heavy (non-hydrogen) atoms. The standard InChI is InChI=1S/C19H23N3O/c1-14-10-21(2)19(20-14)17-7-8-22(12-17)11-15-9-16-5-3-4-6-18(16)23-13-15/h3-6,9-10,17H,7-8,11-13H2,1-2H3/t17-/m1/s1. The maximum Gasteiger partial charge on any atom is 0.127 e. The first-order chi connectivity index (χ1) is 11.2. The van der Waals surface area contributed by atoms with Gasteiger partial charge in [0.25, 0.3) is 0 Å². The molecule has 4 rings (SSSR count). The lowest BCUT2D eigenvalue weighted by Crippen LogP contribution is -2.26. The van der Waals surface area contributed by atoms with Crippen molar-refractivity contribution in [2.75, 3.05) is 26.2 Å². The Morgan fingerprint density at radius 3 is 3.00 bits per heavy atom. The molecule has 1 aromatic carbocycles. The normalized spacial score (nSPS) is 21.0. The van der Waals surface area contributed by atoms with Crippen LogP contribution in [0.2, 0.25) is 0 Å². The van der Waals surface area contributed by atoms with E-state index in [4.69, 9.17) is 9.72 Å². The van der Waals surface area contributed by atoms with Crippen molar-refractivity contribution in [3.8, 4) is 5.75 Å². The molecule has 2 aromatic rings. The molecule has 1 atom stereocenters. The van der Waals surface area contributed by atoms with Gasteiger partial charge in [0.15, 0.2) is 0 Å². The summed E-state index contributed by atoms with van der Waals surface area (Å²) >= 11 is 0. The molecule has 120 valence electrons. The number of imidazole rings is 1. The molecule has 0 N–H and O–H groups in total. The van der Waals surface area contributed by atoms with Gasteiger partial charge in [0.05, 0.1) is 5.69 Å². The lowest BCUT2D eigenvalue weighted by molar-refractivity contribution is 0.307. The van der Waals surface area contributed by atoms with E-state index in [0.717, 1.165) is 31.1 Å². The van der Waals surface area contributed by atoms with Crippen LogP contribution in [0, 0.1) is 6.92 Å². The molecule has 0 aliphatic carbocycles. The van der Waals surface area contributed by atoms with Crippen LogP contribution in [0.1, 0.15) is 29.4 Å². The number of nitrogens with zero attached hydrogens (tertiary/aromatic N) is 3. The molecule has 0 radical (unpaired) electrons. The van der Waals surface area contributed by atoms with Gasteiger partial charge in [0.2, 0.25) is 0 Å². The first-order valence-corrected chi connectivity index (χ1v) is 8.32. The smallest absolute Gasteiger partial charge is 0.127 e. The van der Waals surface area contributed by atoms with Crippen molar-refractivity contribution >= 4 is 6.08 Å². The highest BCUT2D eigenvalue weighted by molar-refractivity contribution is 5.62. The summed E-state index contributed by atoms with van der Waals surface area (Å²) in [6.45, 7) is 5.99. The van der Waals surface area contributed by atoms with E-state index in [-0.39, 0.29) is 0 Å². The number of benzene rings is 1. The summed E-state index contributed by atoms with van der Waals surface area (Å²) in [6.07, 6.45) is 5.60. The maximum absolute atomic E-state index is 5.87.